The summed E-state index contributed by atoms with van der Waals surface area (Å²) < 4.78 is 0. The van der Waals surface area contributed by atoms with Crippen LogP contribution in [0.2, 0.25) is 0 Å². The molecule has 0 bridgehead atoms. The van der Waals surface area contributed by atoms with Gasteiger partial charge in [0.1, 0.15) is 5.51 Å². The first-order chi connectivity index (χ1) is 9.19. The molecule has 0 aliphatic heterocycles. The Labute approximate surface area is 114 Å². The highest BCUT2D eigenvalue weighted by Gasteiger charge is 2.10. The summed E-state index contributed by atoms with van der Waals surface area (Å²) >= 11 is 1.25. The normalized spacial score (nSPS) is 11.4. The second-order valence-corrected chi connectivity index (χ2v) is 4.63. The molecule has 0 aliphatic carbocycles. The van der Waals surface area contributed by atoms with Crippen LogP contribution in [0.25, 0.3) is 0 Å². The number of carbonyl (C=O) groups excluding carboxylic acids is 1. The topological polar surface area (TPSA) is 90.7 Å². The lowest BCUT2D eigenvalue weighted by molar-refractivity contribution is 0.249. The number of rotatable bonds is 3. The molecule has 0 unspecified atom stereocenters. The molecule has 0 saturated heterocycles. The maximum atomic E-state index is 11.7. The SMILES string of the molecule is C[C@H](NC(=O)Nc1nncs1)c1ccc(C#N)cc1. The lowest BCUT2D eigenvalue weighted by atomic mass is 10.1. The van der Waals surface area contributed by atoms with E-state index in [1.807, 2.05) is 19.1 Å². The number of nitrogens with one attached hydrogen (secondary N) is 2. The van der Waals surface area contributed by atoms with Crippen LogP contribution in [0.15, 0.2) is 29.8 Å². The van der Waals surface area contributed by atoms with E-state index in [9.17, 15) is 4.79 Å². The van der Waals surface area contributed by atoms with Gasteiger partial charge in [0, 0.05) is 0 Å². The molecule has 0 spiro atoms. The maximum Gasteiger partial charge on any atom is 0.321 e. The molecule has 1 heterocycles. The molecule has 0 radical (unpaired) electrons. The van der Waals surface area contributed by atoms with Gasteiger partial charge in [-0.3, -0.25) is 5.32 Å². The lowest BCUT2D eigenvalue weighted by Crippen LogP contribution is -2.31. The van der Waals surface area contributed by atoms with Gasteiger partial charge in [0.2, 0.25) is 5.13 Å². The highest BCUT2D eigenvalue weighted by molar-refractivity contribution is 7.13. The molecule has 2 rings (SSSR count). The molecule has 7 heteroatoms. The minimum atomic E-state index is -0.339. The molecule has 2 N–H and O–H groups in total. The number of hydrogen-bond acceptors (Lipinski definition) is 5. The molecule has 96 valence electrons. The van der Waals surface area contributed by atoms with Crippen LogP contribution < -0.4 is 10.6 Å². The number of anilines is 1. The number of carbonyl (C=O) groups is 1. The Morgan fingerprint density at radius 2 is 2.16 bits per heavy atom. The average molecular weight is 273 g/mol. The Kier molecular flexibility index (Phi) is 4.05. The van der Waals surface area contributed by atoms with Crippen molar-refractivity contribution in [1.82, 2.24) is 15.5 Å². The quantitative estimate of drug-likeness (QED) is 0.897. The second-order valence-electron chi connectivity index (χ2n) is 3.80. The van der Waals surface area contributed by atoms with Gasteiger partial charge in [0.05, 0.1) is 17.7 Å². The maximum absolute atomic E-state index is 11.7. The second kappa shape index (κ2) is 5.93. The molecule has 1 aromatic heterocycles. The fraction of sp³-hybridized carbons (Fsp3) is 0.167. The van der Waals surface area contributed by atoms with Gasteiger partial charge in [-0.15, -0.1) is 10.2 Å². The Bertz CT molecular complexity index is 588. The molecular formula is C12H11N5OS. The number of amides is 2. The molecule has 0 aliphatic rings. The highest BCUT2D eigenvalue weighted by atomic mass is 32.1. The third-order valence-corrected chi connectivity index (χ3v) is 3.07. The van der Waals surface area contributed by atoms with Gasteiger partial charge in [-0.25, -0.2) is 4.79 Å². The van der Waals surface area contributed by atoms with Crippen molar-refractivity contribution in [2.45, 2.75) is 13.0 Å². The minimum Gasteiger partial charge on any atom is -0.331 e. The predicted molar refractivity (Wildman–Crippen MR) is 71.6 cm³/mol. The van der Waals surface area contributed by atoms with E-state index in [1.54, 1.807) is 17.6 Å². The van der Waals surface area contributed by atoms with Gasteiger partial charge >= 0.3 is 6.03 Å². The third-order valence-electron chi connectivity index (χ3n) is 2.47. The standard InChI is InChI=1S/C12H11N5OS/c1-8(10-4-2-9(6-13)3-5-10)15-11(18)16-12-17-14-7-19-12/h2-5,7-8H,1H3,(H2,15,16,17,18)/t8-/m0/s1. The summed E-state index contributed by atoms with van der Waals surface area (Å²) in [5.74, 6) is 0. The Morgan fingerprint density at radius 3 is 2.74 bits per heavy atom. The first kappa shape index (κ1) is 13.0. The molecule has 6 nitrogen and oxygen atoms in total. The zero-order valence-electron chi connectivity index (χ0n) is 10.1. The Hall–Kier alpha value is -2.46. The highest BCUT2D eigenvalue weighted by Crippen LogP contribution is 2.14. The fourth-order valence-corrected chi connectivity index (χ4v) is 1.93. The average Bonchev–Trinajstić information content (AvgIpc) is 2.91. The monoisotopic (exact) mass is 273 g/mol. The molecule has 2 aromatic rings. The van der Waals surface area contributed by atoms with Crippen molar-refractivity contribution in [3.63, 3.8) is 0 Å². The van der Waals surface area contributed by atoms with E-state index < -0.39 is 0 Å². The molecule has 1 aromatic carbocycles. The van der Waals surface area contributed by atoms with E-state index in [2.05, 4.69) is 26.9 Å². The number of benzene rings is 1. The number of nitriles is 1. The van der Waals surface area contributed by atoms with Crippen LogP contribution in [0, 0.1) is 11.3 Å². The van der Waals surface area contributed by atoms with E-state index in [4.69, 9.17) is 5.26 Å². The van der Waals surface area contributed by atoms with E-state index in [0.717, 1.165) is 5.56 Å². The van der Waals surface area contributed by atoms with Gasteiger partial charge < -0.3 is 5.32 Å². The van der Waals surface area contributed by atoms with Crippen molar-refractivity contribution in [3.8, 4) is 6.07 Å². The van der Waals surface area contributed by atoms with Crippen LogP contribution in [-0.4, -0.2) is 16.2 Å². The minimum absolute atomic E-state index is 0.166. The van der Waals surface area contributed by atoms with Gasteiger partial charge in [0.25, 0.3) is 0 Å². The Morgan fingerprint density at radius 1 is 1.42 bits per heavy atom. The summed E-state index contributed by atoms with van der Waals surface area (Å²) in [4.78, 5) is 11.7. The van der Waals surface area contributed by atoms with Crippen LogP contribution in [0.4, 0.5) is 9.93 Å². The molecular weight excluding hydrogens is 262 g/mol. The zero-order chi connectivity index (χ0) is 13.7. The summed E-state index contributed by atoms with van der Waals surface area (Å²) in [5.41, 5.74) is 3.06. The number of hydrogen-bond donors (Lipinski definition) is 2. The van der Waals surface area contributed by atoms with E-state index in [-0.39, 0.29) is 12.1 Å². The van der Waals surface area contributed by atoms with Crippen molar-refractivity contribution in [1.29, 1.82) is 5.26 Å². The van der Waals surface area contributed by atoms with Crippen molar-refractivity contribution < 1.29 is 4.79 Å². The fourth-order valence-electron chi connectivity index (χ4n) is 1.49. The van der Waals surface area contributed by atoms with Crippen LogP contribution in [-0.2, 0) is 0 Å². The Balaban J connectivity index is 1.94. The molecule has 0 saturated carbocycles. The van der Waals surface area contributed by atoms with Crippen molar-refractivity contribution in [2.75, 3.05) is 5.32 Å². The largest absolute Gasteiger partial charge is 0.331 e. The van der Waals surface area contributed by atoms with Crippen LogP contribution in [0.3, 0.4) is 0 Å². The molecule has 19 heavy (non-hydrogen) atoms. The van der Waals surface area contributed by atoms with Gasteiger partial charge in [-0.05, 0) is 24.6 Å². The van der Waals surface area contributed by atoms with Crippen molar-refractivity contribution >= 4 is 22.5 Å². The van der Waals surface area contributed by atoms with Gasteiger partial charge in [-0.1, -0.05) is 23.5 Å². The molecule has 0 fully saturated rings. The van der Waals surface area contributed by atoms with E-state index >= 15 is 0 Å². The van der Waals surface area contributed by atoms with Crippen LogP contribution in [0.5, 0.6) is 0 Å². The third kappa shape index (κ3) is 3.50. The van der Waals surface area contributed by atoms with Gasteiger partial charge in [0.15, 0.2) is 0 Å². The summed E-state index contributed by atoms with van der Waals surface area (Å²) in [5, 5.41) is 21.9. The summed E-state index contributed by atoms with van der Waals surface area (Å²) in [6, 6.07) is 8.61. The number of urea groups is 1. The molecule has 2 amide bonds. The van der Waals surface area contributed by atoms with Gasteiger partial charge in [-0.2, -0.15) is 5.26 Å². The first-order valence-corrected chi connectivity index (χ1v) is 6.41. The van der Waals surface area contributed by atoms with Crippen LogP contribution >= 0.6 is 11.3 Å². The summed E-state index contributed by atoms with van der Waals surface area (Å²) in [7, 11) is 0. The summed E-state index contributed by atoms with van der Waals surface area (Å²) in [6.45, 7) is 1.86. The number of aromatic nitrogens is 2. The summed E-state index contributed by atoms with van der Waals surface area (Å²) in [6.07, 6.45) is 0. The lowest BCUT2D eigenvalue weighted by Gasteiger charge is -2.14. The zero-order valence-corrected chi connectivity index (χ0v) is 10.9. The number of nitrogens with zero attached hydrogens (tertiary/aromatic N) is 3. The van der Waals surface area contributed by atoms with Crippen LogP contribution in [0.1, 0.15) is 24.1 Å². The molecule has 1 atom stereocenters. The van der Waals surface area contributed by atoms with Crippen molar-refractivity contribution in [3.05, 3.63) is 40.9 Å². The van der Waals surface area contributed by atoms with E-state index in [0.29, 0.717) is 10.7 Å². The first-order valence-electron chi connectivity index (χ1n) is 5.53. The van der Waals surface area contributed by atoms with E-state index in [1.165, 1.54) is 11.3 Å². The smallest absolute Gasteiger partial charge is 0.321 e. The predicted octanol–water partition coefficient (Wildman–Crippen LogP) is 2.29. The van der Waals surface area contributed by atoms with Crippen molar-refractivity contribution in [2.24, 2.45) is 0 Å².